The third-order valence-electron chi connectivity index (χ3n) is 10.6. The Hall–Kier alpha value is -0.860. The normalized spacial score (nSPS) is 46.3. The molecule has 0 spiro atoms. The molecular formula is C26H42O3. The van der Waals surface area contributed by atoms with E-state index in [1.165, 1.54) is 51.4 Å². The Balaban J connectivity index is 1.56. The van der Waals surface area contributed by atoms with E-state index in [2.05, 4.69) is 20.8 Å². The van der Waals surface area contributed by atoms with E-state index >= 15 is 0 Å². The lowest BCUT2D eigenvalue weighted by atomic mass is 9.44. The number of carboxylic acid groups (broad SMARTS) is 1. The Bertz CT molecular complexity index is 656. The van der Waals surface area contributed by atoms with Crippen molar-refractivity contribution >= 4 is 11.8 Å². The zero-order valence-corrected chi connectivity index (χ0v) is 19.1. The molecule has 3 nitrogen and oxygen atoms in total. The van der Waals surface area contributed by atoms with Gasteiger partial charge in [0.15, 0.2) is 0 Å². The molecule has 0 amide bonds. The van der Waals surface area contributed by atoms with Crippen molar-refractivity contribution in [3.05, 3.63) is 0 Å². The SMILES string of the molecule is CCC(CC(C)[C@H]1CC[C@H]2[C@@H]3C(=O)CC4CCCC[C@]4(C)[C@H]3CC[C@]12C)C(=O)O. The summed E-state index contributed by atoms with van der Waals surface area (Å²) in [5.74, 6) is 2.78. The lowest BCUT2D eigenvalue weighted by Crippen LogP contribution is -2.56. The monoisotopic (exact) mass is 402 g/mol. The van der Waals surface area contributed by atoms with Crippen molar-refractivity contribution in [2.24, 2.45) is 52.3 Å². The molecule has 29 heavy (non-hydrogen) atoms. The van der Waals surface area contributed by atoms with Crippen LogP contribution in [0.2, 0.25) is 0 Å². The third kappa shape index (κ3) is 3.30. The zero-order valence-electron chi connectivity index (χ0n) is 19.1. The molecule has 0 bridgehead atoms. The first-order valence-electron chi connectivity index (χ1n) is 12.5. The van der Waals surface area contributed by atoms with Crippen LogP contribution in [0.3, 0.4) is 0 Å². The van der Waals surface area contributed by atoms with Gasteiger partial charge in [0.2, 0.25) is 0 Å². The van der Waals surface area contributed by atoms with E-state index in [0.717, 1.165) is 19.3 Å². The molecule has 9 atom stereocenters. The Morgan fingerprint density at radius 1 is 1.07 bits per heavy atom. The van der Waals surface area contributed by atoms with Crippen LogP contribution >= 0.6 is 0 Å². The summed E-state index contributed by atoms with van der Waals surface area (Å²) in [4.78, 5) is 25.0. The molecule has 0 aliphatic heterocycles. The van der Waals surface area contributed by atoms with Gasteiger partial charge in [-0.05, 0) is 91.8 Å². The van der Waals surface area contributed by atoms with Crippen LogP contribution in [0.5, 0.6) is 0 Å². The highest BCUT2D eigenvalue weighted by Gasteiger charge is 2.62. The minimum atomic E-state index is -0.638. The fraction of sp³-hybridized carbons (Fsp3) is 0.923. The highest BCUT2D eigenvalue weighted by atomic mass is 16.4. The quantitative estimate of drug-likeness (QED) is 0.583. The number of carbonyl (C=O) groups excluding carboxylic acids is 1. The lowest BCUT2D eigenvalue weighted by molar-refractivity contribution is -0.156. The molecule has 0 aromatic heterocycles. The van der Waals surface area contributed by atoms with Gasteiger partial charge < -0.3 is 5.11 Å². The van der Waals surface area contributed by atoms with Crippen molar-refractivity contribution in [3.63, 3.8) is 0 Å². The van der Waals surface area contributed by atoms with Crippen molar-refractivity contribution < 1.29 is 14.7 Å². The summed E-state index contributed by atoms with van der Waals surface area (Å²) in [5, 5.41) is 9.54. The Morgan fingerprint density at radius 3 is 2.48 bits per heavy atom. The Kier molecular flexibility index (Phi) is 5.66. The van der Waals surface area contributed by atoms with Crippen molar-refractivity contribution in [3.8, 4) is 0 Å². The fourth-order valence-corrected chi connectivity index (χ4v) is 8.99. The average Bonchev–Trinajstić information content (AvgIpc) is 3.03. The minimum Gasteiger partial charge on any atom is -0.481 e. The summed E-state index contributed by atoms with van der Waals surface area (Å²) in [6.45, 7) is 9.28. The van der Waals surface area contributed by atoms with Crippen molar-refractivity contribution in [2.45, 2.75) is 98.3 Å². The maximum Gasteiger partial charge on any atom is 0.306 e. The number of Topliss-reactive ketones (excluding diaryl/α,β-unsaturated/α-hetero) is 1. The number of fused-ring (bicyclic) bond motifs is 5. The van der Waals surface area contributed by atoms with E-state index < -0.39 is 5.97 Å². The van der Waals surface area contributed by atoms with Gasteiger partial charge in [0.05, 0.1) is 5.92 Å². The van der Waals surface area contributed by atoms with Crippen LogP contribution in [0, 0.1) is 52.3 Å². The van der Waals surface area contributed by atoms with Gasteiger partial charge in [0.1, 0.15) is 5.78 Å². The first-order valence-corrected chi connectivity index (χ1v) is 12.5. The summed E-state index contributed by atoms with van der Waals surface area (Å²) in [7, 11) is 0. The second-order valence-corrected chi connectivity index (χ2v) is 11.7. The van der Waals surface area contributed by atoms with Gasteiger partial charge in [0.25, 0.3) is 0 Å². The topological polar surface area (TPSA) is 54.4 Å². The number of hydrogen-bond donors (Lipinski definition) is 1. The molecule has 0 heterocycles. The maximum atomic E-state index is 13.4. The number of aliphatic carboxylic acids is 1. The molecule has 3 unspecified atom stereocenters. The van der Waals surface area contributed by atoms with Crippen LogP contribution in [0.4, 0.5) is 0 Å². The number of carboxylic acids is 1. The number of ketones is 1. The zero-order chi connectivity index (χ0) is 21.0. The molecule has 1 N–H and O–H groups in total. The summed E-state index contributed by atoms with van der Waals surface area (Å²) >= 11 is 0. The van der Waals surface area contributed by atoms with E-state index in [1.54, 1.807) is 0 Å². The molecule has 4 aliphatic carbocycles. The maximum absolute atomic E-state index is 13.4. The number of carbonyl (C=O) groups is 2. The van der Waals surface area contributed by atoms with Gasteiger partial charge in [-0.15, -0.1) is 0 Å². The molecular weight excluding hydrogens is 360 g/mol. The number of hydrogen-bond acceptors (Lipinski definition) is 2. The summed E-state index contributed by atoms with van der Waals surface area (Å²) in [6.07, 6.45) is 12.4. The average molecular weight is 403 g/mol. The van der Waals surface area contributed by atoms with Gasteiger partial charge in [-0.2, -0.15) is 0 Å². The second-order valence-electron chi connectivity index (χ2n) is 11.7. The molecule has 0 aromatic carbocycles. The van der Waals surface area contributed by atoms with Crippen LogP contribution in [0.25, 0.3) is 0 Å². The Labute approximate surface area is 177 Å². The van der Waals surface area contributed by atoms with E-state index in [9.17, 15) is 14.7 Å². The van der Waals surface area contributed by atoms with Crippen molar-refractivity contribution in [1.29, 1.82) is 0 Å². The van der Waals surface area contributed by atoms with E-state index in [0.29, 0.717) is 40.8 Å². The first kappa shape index (κ1) is 21.4. The van der Waals surface area contributed by atoms with Gasteiger partial charge in [-0.1, -0.05) is 40.5 Å². The Morgan fingerprint density at radius 2 is 1.79 bits per heavy atom. The standard InChI is InChI=1S/C26H42O3/c1-5-17(24(28)29)14-16(2)19-9-10-20-23-21(11-13-26(19,20)4)25(3)12-7-6-8-18(25)15-22(23)27/h16-21,23H,5-15H2,1-4H3,(H,28,29)/t16?,17?,18?,19-,20+,21+,23+,25+,26-/m1/s1. The van der Waals surface area contributed by atoms with Crippen LogP contribution in [-0.2, 0) is 9.59 Å². The highest BCUT2D eigenvalue weighted by Crippen LogP contribution is 2.67. The van der Waals surface area contributed by atoms with E-state index in [4.69, 9.17) is 0 Å². The highest BCUT2D eigenvalue weighted by molar-refractivity contribution is 5.83. The van der Waals surface area contributed by atoms with Crippen LogP contribution in [0.15, 0.2) is 0 Å². The number of rotatable bonds is 5. The first-order chi connectivity index (χ1) is 13.7. The minimum absolute atomic E-state index is 0.220. The second kappa shape index (κ2) is 7.68. The largest absolute Gasteiger partial charge is 0.481 e. The predicted molar refractivity (Wildman–Crippen MR) is 115 cm³/mol. The molecule has 4 aliphatic rings. The molecule has 4 fully saturated rings. The van der Waals surface area contributed by atoms with Crippen LogP contribution in [0.1, 0.15) is 98.3 Å². The van der Waals surface area contributed by atoms with Gasteiger partial charge >= 0.3 is 5.97 Å². The summed E-state index contributed by atoms with van der Waals surface area (Å²) < 4.78 is 0. The molecule has 164 valence electrons. The molecule has 4 saturated carbocycles. The smallest absolute Gasteiger partial charge is 0.306 e. The lowest BCUT2D eigenvalue weighted by Gasteiger charge is -2.60. The molecule has 3 heteroatoms. The summed E-state index contributed by atoms with van der Waals surface area (Å²) in [5.41, 5.74) is 0.614. The van der Waals surface area contributed by atoms with Crippen molar-refractivity contribution in [1.82, 2.24) is 0 Å². The molecule has 0 saturated heterocycles. The third-order valence-corrected chi connectivity index (χ3v) is 10.6. The van der Waals surface area contributed by atoms with Gasteiger partial charge in [0, 0.05) is 12.3 Å². The fourth-order valence-electron chi connectivity index (χ4n) is 8.99. The van der Waals surface area contributed by atoms with Crippen LogP contribution < -0.4 is 0 Å². The van der Waals surface area contributed by atoms with E-state index in [-0.39, 0.29) is 17.3 Å². The van der Waals surface area contributed by atoms with Gasteiger partial charge in [-0.3, -0.25) is 9.59 Å². The summed E-state index contributed by atoms with van der Waals surface area (Å²) in [6, 6.07) is 0. The van der Waals surface area contributed by atoms with Gasteiger partial charge in [-0.25, -0.2) is 0 Å². The molecule has 0 radical (unpaired) electrons. The van der Waals surface area contributed by atoms with Crippen LogP contribution in [-0.4, -0.2) is 16.9 Å². The molecule has 4 rings (SSSR count). The molecule has 0 aromatic rings. The van der Waals surface area contributed by atoms with Crippen molar-refractivity contribution in [2.75, 3.05) is 0 Å². The predicted octanol–water partition coefficient (Wildman–Crippen LogP) is 6.35. The van der Waals surface area contributed by atoms with E-state index in [1.807, 2.05) is 6.92 Å².